The number of aryl methyl sites for hydroxylation is 1. The maximum absolute atomic E-state index is 12.8. The number of anilines is 1. The van der Waals surface area contributed by atoms with E-state index in [-0.39, 0.29) is 16.3 Å². The Morgan fingerprint density at radius 3 is 2.39 bits per heavy atom. The number of sulfonamides is 2. The fraction of sp³-hybridized carbons (Fsp3) is 0.200. The molecule has 23 heavy (non-hydrogen) atoms. The SMILES string of the molecule is Cc1cccc(S(=O)(=O)N2CCc3cc(S(N)(=O)=O)ccc32)c1. The Kier molecular flexibility index (Phi) is 3.70. The first-order valence-electron chi connectivity index (χ1n) is 6.95. The monoisotopic (exact) mass is 352 g/mol. The lowest BCUT2D eigenvalue weighted by molar-refractivity contribution is 0.592. The molecule has 2 aromatic rings. The highest BCUT2D eigenvalue weighted by Crippen LogP contribution is 2.34. The summed E-state index contributed by atoms with van der Waals surface area (Å²) in [6.07, 6.45) is 0.448. The van der Waals surface area contributed by atoms with E-state index in [1.807, 2.05) is 13.0 Å². The van der Waals surface area contributed by atoms with Crippen LogP contribution in [0.3, 0.4) is 0 Å². The molecular weight excluding hydrogens is 336 g/mol. The number of fused-ring (bicyclic) bond motifs is 1. The lowest BCUT2D eigenvalue weighted by Crippen LogP contribution is -2.29. The standard InChI is InChI=1S/C15H16N2O4S2/c1-11-3-2-4-14(9-11)23(20,21)17-8-7-12-10-13(22(16,18)19)5-6-15(12)17/h2-6,9-10H,7-8H2,1H3,(H2,16,18,19). The van der Waals surface area contributed by atoms with Gasteiger partial charge in [-0.25, -0.2) is 22.0 Å². The molecule has 0 atom stereocenters. The van der Waals surface area contributed by atoms with Crippen LogP contribution < -0.4 is 9.44 Å². The lowest BCUT2D eigenvalue weighted by atomic mass is 10.2. The third-order valence-electron chi connectivity index (χ3n) is 3.81. The molecule has 2 N–H and O–H groups in total. The van der Waals surface area contributed by atoms with Gasteiger partial charge in [0.1, 0.15) is 0 Å². The van der Waals surface area contributed by atoms with Crippen LogP contribution in [0.25, 0.3) is 0 Å². The summed E-state index contributed by atoms with van der Waals surface area (Å²) in [5.74, 6) is 0. The number of nitrogens with two attached hydrogens (primary N) is 1. The first kappa shape index (κ1) is 16.0. The van der Waals surface area contributed by atoms with E-state index in [0.29, 0.717) is 17.7 Å². The largest absolute Gasteiger partial charge is 0.266 e. The molecule has 0 amide bonds. The number of primary sulfonamides is 1. The maximum Gasteiger partial charge on any atom is 0.264 e. The second-order valence-corrected chi connectivity index (χ2v) is 8.90. The summed E-state index contributed by atoms with van der Waals surface area (Å²) < 4.78 is 49.8. The van der Waals surface area contributed by atoms with Crippen molar-refractivity contribution in [3.8, 4) is 0 Å². The molecule has 0 bridgehead atoms. The molecule has 1 aliphatic heterocycles. The summed E-state index contributed by atoms with van der Waals surface area (Å²) in [5.41, 5.74) is 2.02. The zero-order chi connectivity index (χ0) is 16.8. The molecule has 122 valence electrons. The third kappa shape index (κ3) is 2.85. The summed E-state index contributed by atoms with van der Waals surface area (Å²) in [7, 11) is -7.47. The number of rotatable bonds is 3. The fourth-order valence-corrected chi connectivity index (χ4v) is 4.85. The minimum Gasteiger partial charge on any atom is -0.266 e. The van der Waals surface area contributed by atoms with Gasteiger partial charge in [-0.2, -0.15) is 0 Å². The molecule has 2 aromatic carbocycles. The second kappa shape index (κ2) is 5.33. The van der Waals surface area contributed by atoms with Crippen LogP contribution in [-0.2, 0) is 26.5 Å². The molecule has 0 radical (unpaired) electrons. The molecule has 0 aromatic heterocycles. The van der Waals surface area contributed by atoms with Crippen molar-refractivity contribution < 1.29 is 16.8 Å². The first-order chi connectivity index (χ1) is 10.7. The maximum atomic E-state index is 12.8. The molecule has 0 fully saturated rings. The van der Waals surface area contributed by atoms with Gasteiger partial charge in [-0.15, -0.1) is 0 Å². The highest BCUT2D eigenvalue weighted by molar-refractivity contribution is 7.92. The predicted molar refractivity (Wildman–Crippen MR) is 87.2 cm³/mol. The van der Waals surface area contributed by atoms with Crippen LogP contribution in [0.1, 0.15) is 11.1 Å². The van der Waals surface area contributed by atoms with Crippen molar-refractivity contribution in [2.24, 2.45) is 5.14 Å². The van der Waals surface area contributed by atoms with Crippen molar-refractivity contribution in [3.05, 3.63) is 53.6 Å². The van der Waals surface area contributed by atoms with E-state index < -0.39 is 20.0 Å². The summed E-state index contributed by atoms with van der Waals surface area (Å²) in [4.78, 5) is 0.215. The van der Waals surface area contributed by atoms with E-state index in [1.165, 1.54) is 22.5 Å². The normalized spacial score (nSPS) is 14.8. The van der Waals surface area contributed by atoms with Gasteiger partial charge < -0.3 is 0 Å². The van der Waals surface area contributed by atoms with Gasteiger partial charge in [0, 0.05) is 6.54 Å². The van der Waals surface area contributed by atoms with E-state index in [9.17, 15) is 16.8 Å². The minimum absolute atomic E-state index is 0.00828. The second-order valence-electron chi connectivity index (χ2n) is 5.48. The summed E-state index contributed by atoms with van der Waals surface area (Å²) >= 11 is 0. The van der Waals surface area contributed by atoms with Crippen LogP contribution >= 0.6 is 0 Å². The van der Waals surface area contributed by atoms with Gasteiger partial charge in [0.25, 0.3) is 10.0 Å². The zero-order valence-electron chi connectivity index (χ0n) is 12.4. The van der Waals surface area contributed by atoms with E-state index in [1.54, 1.807) is 18.2 Å². The van der Waals surface area contributed by atoms with Gasteiger partial charge in [-0.3, -0.25) is 4.31 Å². The van der Waals surface area contributed by atoms with Crippen LogP contribution in [0.4, 0.5) is 5.69 Å². The van der Waals surface area contributed by atoms with E-state index >= 15 is 0 Å². The average Bonchev–Trinajstić information content (AvgIpc) is 2.90. The quantitative estimate of drug-likeness (QED) is 0.902. The summed E-state index contributed by atoms with van der Waals surface area (Å²) in [6, 6.07) is 11.0. The van der Waals surface area contributed by atoms with Crippen LogP contribution in [0, 0.1) is 6.92 Å². The Morgan fingerprint density at radius 2 is 1.74 bits per heavy atom. The van der Waals surface area contributed by atoms with Crippen molar-refractivity contribution in [3.63, 3.8) is 0 Å². The third-order valence-corrected chi connectivity index (χ3v) is 6.53. The van der Waals surface area contributed by atoms with Gasteiger partial charge >= 0.3 is 0 Å². The zero-order valence-corrected chi connectivity index (χ0v) is 14.1. The topological polar surface area (TPSA) is 97.5 Å². The molecule has 1 aliphatic rings. The number of nitrogens with zero attached hydrogens (tertiary/aromatic N) is 1. The van der Waals surface area contributed by atoms with Crippen LogP contribution in [0.2, 0.25) is 0 Å². The van der Waals surface area contributed by atoms with Crippen LogP contribution in [0.15, 0.2) is 52.3 Å². The fourth-order valence-electron chi connectivity index (χ4n) is 2.68. The van der Waals surface area contributed by atoms with Crippen LogP contribution in [-0.4, -0.2) is 23.4 Å². The molecule has 8 heteroatoms. The highest BCUT2D eigenvalue weighted by Gasteiger charge is 2.31. The van der Waals surface area contributed by atoms with Crippen molar-refractivity contribution in [2.75, 3.05) is 10.8 Å². The summed E-state index contributed by atoms with van der Waals surface area (Å²) in [5, 5.41) is 5.12. The number of hydrogen-bond donors (Lipinski definition) is 1. The Labute approximate surface area is 135 Å². The molecule has 0 aliphatic carbocycles. The number of hydrogen-bond acceptors (Lipinski definition) is 4. The molecular formula is C15H16N2O4S2. The van der Waals surface area contributed by atoms with Crippen molar-refractivity contribution in [2.45, 2.75) is 23.1 Å². The van der Waals surface area contributed by atoms with Gasteiger partial charge in [-0.05, 0) is 54.8 Å². The molecule has 6 nitrogen and oxygen atoms in total. The van der Waals surface area contributed by atoms with Crippen LogP contribution in [0.5, 0.6) is 0 Å². The lowest BCUT2D eigenvalue weighted by Gasteiger charge is -2.20. The summed E-state index contributed by atoms with van der Waals surface area (Å²) in [6.45, 7) is 2.11. The van der Waals surface area contributed by atoms with Gasteiger partial charge in [0.15, 0.2) is 0 Å². The Hall–Kier alpha value is -1.90. The Bertz CT molecular complexity index is 982. The predicted octanol–water partition coefficient (Wildman–Crippen LogP) is 1.39. The molecule has 0 unspecified atom stereocenters. The van der Waals surface area contributed by atoms with E-state index in [0.717, 1.165) is 5.56 Å². The molecule has 1 heterocycles. The van der Waals surface area contributed by atoms with Gasteiger partial charge in [0.05, 0.1) is 15.5 Å². The van der Waals surface area contributed by atoms with Gasteiger partial charge in [0.2, 0.25) is 10.0 Å². The van der Waals surface area contributed by atoms with Gasteiger partial charge in [-0.1, -0.05) is 12.1 Å². The minimum atomic E-state index is -3.80. The molecule has 3 rings (SSSR count). The van der Waals surface area contributed by atoms with E-state index in [4.69, 9.17) is 5.14 Å². The average molecular weight is 352 g/mol. The first-order valence-corrected chi connectivity index (χ1v) is 9.93. The van der Waals surface area contributed by atoms with Crippen molar-refractivity contribution in [1.29, 1.82) is 0 Å². The number of benzene rings is 2. The smallest absolute Gasteiger partial charge is 0.264 e. The van der Waals surface area contributed by atoms with E-state index in [2.05, 4.69) is 0 Å². The molecule has 0 saturated carbocycles. The Morgan fingerprint density at radius 1 is 1.00 bits per heavy atom. The van der Waals surface area contributed by atoms with Crippen molar-refractivity contribution in [1.82, 2.24) is 0 Å². The molecule has 0 saturated heterocycles. The molecule has 0 spiro atoms. The Balaban J connectivity index is 2.06. The van der Waals surface area contributed by atoms with Crippen molar-refractivity contribution >= 4 is 25.7 Å². The highest BCUT2D eigenvalue weighted by atomic mass is 32.2.